The molecule has 1 unspecified atom stereocenters. The zero-order chi connectivity index (χ0) is 13.5. The molecule has 1 aromatic rings. The van der Waals surface area contributed by atoms with E-state index < -0.39 is 15.8 Å². The number of nitrogens with zero attached hydrogens (tertiary/aromatic N) is 2. The van der Waals surface area contributed by atoms with Crippen molar-refractivity contribution in [2.24, 2.45) is 7.05 Å². The first-order valence-electron chi connectivity index (χ1n) is 5.54. The normalized spacial score (nSPS) is 22.0. The van der Waals surface area contributed by atoms with Gasteiger partial charge in [0.2, 0.25) is 0 Å². The number of nitrogens with one attached hydrogen (secondary N) is 1. The number of rotatable bonds is 3. The molecule has 8 heteroatoms. The van der Waals surface area contributed by atoms with E-state index in [2.05, 4.69) is 10.4 Å². The Bertz CT molecular complexity index is 591. The molecule has 0 bridgehead atoms. The topological polar surface area (TPSA) is 101 Å². The van der Waals surface area contributed by atoms with E-state index in [4.69, 9.17) is 5.11 Å². The predicted octanol–water partition coefficient (Wildman–Crippen LogP) is 0.0257. The van der Waals surface area contributed by atoms with E-state index in [1.54, 1.807) is 14.0 Å². The number of carbonyl (C=O) groups is 1. The van der Waals surface area contributed by atoms with Gasteiger partial charge in [-0.25, -0.2) is 13.2 Å². The van der Waals surface area contributed by atoms with Gasteiger partial charge in [-0.1, -0.05) is 0 Å². The van der Waals surface area contributed by atoms with Crippen LogP contribution in [0.15, 0.2) is 0 Å². The molecule has 0 aromatic carbocycles. The Kier molecular flexibility index (Phi) is 3.05. The molecule has 0 aliphatic carbocycles. The summed E-state index contributed by atoms with van der Waals surface area (Å²) in [6.07, 6.45) is 0.492. The Labute approximate surface area is 105 Å². The van der Waals surface area contributed by atoms with E-state index in [0.717, 1.165) is 0 Å². The van der Waals surface area contributed by atoms with Crippen molar-refractivity contribution in [2.75, 3.05) is 16.8 Å². The minimum atomic E-state index is -2.99. The lowest BCUT2D eigenvalue weighted by Crippen LogP contribution is -2.23. The fraction of sp³-hybridized carbons (Fsp3) is 0.600. The second kappa shape index (κ2) is 4.27. The highest BCUT2D eigenvalue weighted by molar-refractivity contribution is 7.91. The third-order valence-corrected chi connectivity index (χ3v) is 4.78. The van der Waals surface area contributed by atoms with E-state index in [-0.39, 0.29) is 23.1 Å². The van der Waals surface area contributed by atoms with Gasteiger partial charge in [0.25, 0.3) is 0 Å². The molecule has 1 aliphatic rings. The molecule has 0 amide bonds. The van der Waals surface area contributed by atoms with Crippen LogP contribution < -0.4 is 5.32 Å². The first kappa shape index (κ1) is 12.9. The summed E-state index contributed by atoms with van der Waals surface area (Å²) in [5.41, 5.74) is 0.509. The van der Waals surface area contributed by atoms with Crippen LogP contribution in [-0.4, -0.2) is 46.8 Å². The molecule has 2 heterocycles. The van der Waals surface area contributed by atoms with Crippen molar-refractivity contribution in [3.8, 4) is 0 Å². The Hall–Kier alpha value is -1.57. The van der Waals surface area contributed by atoms with Crippen LogP contribution in [0.25, 0.3) is 0 Å². The van der Waals surface area contributed by atoms with Crippen LogP contribution >= 0.6 is 0 Å². The fourth-order valence-corrected chi connectivity index (χ4v) is 3.86. The van der Waals surface area contributed by atoms with Gasteiger partial charge < -0.3 is 10.4 Å². The SMILES string of the molecule is Cc1nn(C)c(NC2CCS(=O)(=O)C2)c1C(=O)O. The molecule has 100 valence electrons. The van der Waals surface area contributed by atoms with Crippen molar-refractivity contribution in [3.05, 3.63) is 11.3 Å². The first-order chi connectivity index (χ1) is 8.30. The Morgan fingerprint density at radius 2 is 2.22 bits per heavy atom. The number of hydrogen-bond donors (Lipinski definition) is 2. The number of carboxylic acid groups (broad SMARTS) is 1. The average molecular weight is 273 g/mol. The molecule has 0 radical (unpaired) electrons. The summed E-state index contributed by atoms with van der Waals surface area (Å²) < 4.78 is 24.2. The summed E-state index contributed by atoms with van der Waals surface area (Å²) in [4.78, 5) is 11.1. The van der Waals surface area contributed by atoms with Gasteiger partial charge in [-0.3, -0.25) is 4.68 Å². The van der Waals surface area contributed by atoms with Crippen molar-refractivity contribution in [3.63, 3.8) is 0 Å². The number of hydrogen-bond acceptors (Lipinski definition) is 5. The molecule has 1 aliphatic heterocycles. The lowest BCUT2D eigenvalue weighted by Gasteiger charge is -2.13. The third-order valence-electron chi connectivity index (χ3n) is 3.01. The van der Waals surface area contributed by atoms with Crippen molar-refractivity contribution < 1.29 is 18.3 Å². The van der Waals surface area contributed by atoms with E-state index in [1.165, 1.54) is 4.68 Å². The molecule has 1 saturated heterocycles. The molecular weight excluding hydrogens is 258 g/mol. The maximum Gasteiger partial charge on any atom is 0.341 e. The minimum Gasteiger partial charge on any atom is -0.477 e. The van der Waals surface area contributed by atoms with Gasteiger partial charge in [-0.05, 0) is 13.3 Å². The van der Waals surface area contributed by atoms with Crippen LogP contribution in [-0.2, 0) is 16.9 Å². The van der Waals surface area contributed by atoms with E-state index in [9.17, 15) is 13.2 Å². The van der Waals surface area contributed by atoms with Crippen LogP contribution in [0, 0.1) is 6.92 Å². The van der Waals surface area contributed by atoms with Gasteiger partial charge in [-0.2, -0.15) is 5.10 Å². The number of aryl methyl sites for hydroxylation is 2. The summed E-state index contributed by atoms with van der Waals surface area (Å²) in [7, 11) is -1.36. The van der Waals surface area contributed by atoms with E-state index in [0.29, 0.717) is 17.9 Å². The van der Waals surface area contributed by atoms with Crippen molar-refractivity contribution >= 4 is 21.6 Å². The van der Waals surface area contributed by atoms with Crippen LogP contribution in [0.5, 0.6) is 0 Å². The van der Waals surface area contributed by atoms with E-state index >= 15 is 0 Å². The number of carboxylic acids is 1. The summed E-state index contributed by atoms with van der Waals surface area (Å²) >= 11 is 0. The number of sulfone groups is 1. The second-order valence-electron chi connectivity index (χ2n) is 4.48. The zero-order valence-electron chi connectivity index (χ0n) is 10.2. The molecule has 18 heavy (non-hydrogen) atoms. The average Bonchev–Trinajstić information content (AvgIpc) is 2.68. The highest BCUT2D eigenvalue weighted by Gasteiger charge is 2.30. The Morgan fingerprint density at radius 1 is 1.56 bits per heavy atom. The minimum absolute atomic E-state index is 0.0380. The lowest BCUT2D eigenvalue weighted by molar-refractivity contribution is 0.0697. The highest BCUT2D eigenvalue weighted by Crippen LogP contribution is 2.22. The molecule has 1 fully saturated rings. The first-order valence-corrected chi connectivity index (χ1v) is 7.36. The second-order valence-corrected chi connectivity index (χ2v) is 6.71. The van der Waals surface area contributed by atoms with Crippen molar-refractivity contribution in [1.29, 1.82) is 0 Å². The maximum atomic E-state index is 11.4. The highest BCUT2D eigenvalue weighted by atomic mass is 32.2. The van der Waals surface area contributed by atoms with Gasteiger partial charge in [-0.15, -0.1) is 0 Å². The summed E-state index contributed by atoms with van der Waals surface area (Å²) in [6.45, 7) is 1.61. The largest absolute Gasteiger partial charge is 0.477 e. The molecule has 1 atom stereocenters. The van der Waals surface area contributed by atoms with E-state index in [1.807, 2.05) is 0 Å². The zero-order valence-corrected chi connectivity index (χ0v) is 11.0. The monoisotopic (exact) mass is 273 g/mol. The molecule has 1 aromatic heterocycles. The number of aromatic carboxylic acids is 1. The summed E-state index contributed by atoms with van der Waals surface area (Å²) in [5.74, 6) is -0.522. The Morgan fingerprint density at radius 3 is 2.72 bits per heavy atom. The molecule has 2 rings (SSSR count). The molecule has 7 nitrogen and oxygen atoms in total. The van der Waals surface area contributed by atoms with Gasteiger partial charge in [0.15, 0.2) is 9.84 Å². The smallest absolute Gasteiger partial charge is 0.341 e. The molecular formula is C10H15N3O4S. The number of aromatic nitrogens is 2. The summed E-state index contributed by atoms with van der Waals surface area (Å²) in [6, 6.07) is -0.247. The standard InChI is InChI=1S/C10H15N3O4S/c1-6-8(10(14)15)9(13(2)12-6)11-7-3-4-18(16,17)5-7/h7,11H,3-5H2,1-2H3,(H,14,15). The van der Waals surface area contributed by atoms with Crippen LogP contribution in [0.4, 0.5) is 5.82 Å². The van der Waals surface area contributed by atoms with Crippen LogP contribution in [0.3, 0.4) is 0 Å². The number of anilines is 1. The molecule has 2 N–H and O–H groups in total. The predicted molar refractivity (Wildman–Crippen MR) is 65.6 cm³/mol. The maximum absolute atomic E-state index is 11.4. The van der Waals surface area contributed by atoms with Crippen molar-refractivity contribution in [1.82, 2.24) is 9.78 Å². The van der Waals surface area contributed by atoms with Gasteiger partial charge in [0, 0.05) is 13.1 Å². The van der Waals surface area contributed by atoms with Gasteiger partial charge in [0.05, 0.1) is 17.2 Å². The molecule has 0 spiro atoms. The third kappa shape index (κ3) is 2.33. The van der Waals surface area contributed by atoms with Crippen LogP contribution in [0.2, 0.25) is 0 Å². The van der Waals surface area contributed by atoms with Crippen molar-refractivity contribution in [2.45, 2.75) is 19.4 Å². The molecule has 0 saturated carbocycles. The van der Waals surface area contributed by atoms with Crippen LogP contribution in [0.1, 0.15) is 22.5 Å². The lowest BCUT2D eigenvalue weighted by atomic mass is 10.2. The Balaban J connectivity index is 2.27. The summed E-state index contributed by atoms with van der Waals surface area (Å²) in [5, 5.41) is 16.1. The van der Waals surface area contributed by atoms with Gasteiger partial charge >= 0.3 is 5.97 Å². The van der Waals surface area contributed by atoms with Gasteiger partial charge in [0.1, 0.15) is 11.4 Å². The fourth-order valence-electron chi connectivity index (χ4n) is 2.18. The quantitative estimate of drug-likeness (QED) is 0.805.